The van der Waals surface area contributed by atoms with Gasteiger partial charge < -0.3 is 4.74 Å². The predicted molar refractivity (Wildman–Crippen MR) is 142 cm³/mol. The number of benzene rings is 3. The third-order valence-corrected chi connectivity index (χ3v) is 6.86. The molecular formula is C27H25Cl2N3O5. The van der Waals surface area contributed by atoms with Crippen molar-refractivity contribution in [2.75, 3.05) is 31.2 Å². The number of aryl methyl sites for hydroxylation is 2. The molecular weight excluding hydrogens is 517 g/mol. The van der Waals surface area contributed by atoms with Gasteiger partial charge in [-0.25, -0.2) is 4.90 Å². The van der Waals surface area contributed by atoms with Crippen molar-refractivity contribution >= 4 is 46.4 Å². The number of anilines is 1. The van der Waals surface area contributed by atoms with E-state index in [1.54, 1.807) is 18.2 Å². The van der Waals surface area contributed by atoms with Crippen LogP contribution in [0.2, 0.25) is 10.0 Å². The molecule has 1 atom stereocenters. The molecule has 2 amide bonds. The highest BCUT2D eigenvalue weighted by atomic mass is 35.5. The number of imide groups is 1. The maximum Gasteiger partial charge on any atom is 0.269 e. The van der Waals surface area contributed by atoms with Crippen molar-refractivity contribution in [1.82, 2.24) is 4.90 Å². The number of halogens is 2. The van der Waals surface area contributed by atoms with E-state index in [1.165, 1.54) is 29.2 Å². The molecule has 1 saturated heterocycles. The van der Waals surface area contributed by atoms with Crippen LogP contribution in [0.4, 0.5) is 11.4 Å². The fourth-order valence-corrected chi connectivity index (χ4v) is 4.99. The Bertz CT molecular complexity index is 1320. The van der Waals surface area contributed by atoms with Crippen molar-refractivity contribution in [1.29, 1.82) is 0 Å². The molecule has 0 spiro atoms. The van der Waals surface area contributed by atoms with Crippen molar-refractivity contribution in [3.63, 3.8) is 0 Å². The lowest BCUT2D eigenvalue weighted by Gasteiger charge is -2.37. The Kier molecular flexibility index (Phi) is 8.24. The summed E-state index contributed by atoms with van der Waals surface area (Å²) in [5, 5.41) is 11.7. The Morgan fingerprint density at radius 3 is 2.19 bits per heavy atom. The molecule has 0 saturated carbocycles. The number of hydrogen-bond acceptors (Lipinski definition) is 6. The number of hydrogen-bond donors (Lipinski definition) is 0. The Morgan fingerprint density at radius 1 is 1.00 bits per heavy atom. The lowest BCUT2D eigenvalue weighted by atomic mass is 9.99. The van der Waals surface area contributed by atoms with Gasteiger partial charge in [-0.15, -0.1) is 0 Å². The van der Waals surface area contributed by atoms with E-state index in [9.17, 15) is 19.7 Å². The van der Waals surface area contributed by atoms with E-state index in [2.05, 4.69) is 0 Å². The smallest absolute Gasteiger partial charge is 0.269 e. The van der Waals surface area contributed by atoms with E-state index in [-0.39, 0.29) is 16.3 Å². The summed E-state index contributed by atoms with van der Waals surface area (Å²) < 4.78 is 5.49. The van der Waals surface area contributed by atoms with Crippen molar-refractivity contribution in [3.8, 4) is 0 Å². The summed E-state index contributed by atoms with van der Waals surface area (Å²) >= 11 is 12.5. The van der Waals surface area contributed by atoms with Gasteiger partial charge in [-0.3, -0.25) is 24.6 Å². The monoisotopic (exact) mass is 541 g/mol. The van der Waals surface area contributed by atoms with Gasteiger partial charge in [-0.2, -0.15) is 0 Å². The van der Waals surface area contributed by atoms with Gasteiger partial charge in [0.15, 0.2) is 0 Å². The minimum Gasteiger partial charge on any atom is -0.379 e. The zero-order valence-corrected chi connectivity index (χ0v) is 21.8. The summed E-state index contributed by atoms with van der Waals surface area (Å²) in [7, 11) is 0. The first-order chi connectivity index (χ1) is 17.7. The molecule has 37 heavy (non-hydrogen) atoms. The topological polar surface area (TPSA) is 93.0 Å². The first-order valence-electron chi connectivity index (χ1n) is 11.6. The SMILES string of the molecule is Cc1cccc(C)c1N(C(=O)c1ccc(Cl)cc1Cl)C(=O)[C@@H](c1ccc([N+](=O)[O-])cc1)N1CCOCC1. The number of nitrogens with zero attached hydrogens (tertiary/aromatic N) is 3. The van der Waals surface area contributed by atoms with Crippen LogP contribution in [0.5, 0.6) is 0 Å². The summed E-state index contributed by atoms with van der Waals surface area (Å²) in [6.45, 7) is 5.38. The quantitative estimate of drug-likeness (QED) is 0.290. The summed E-state index contributed by atoms with van der Waals surface area (Å²) in [6, 6.07) is 14.9. The largest absolute Gasteiger partial charge is 0.379 e. The average Bonchev–Trinajstić information content (AvgIpc) is 2.87. The van der Waals surface area contributed by atoms with Crippen molar-refractivity contribution in [2.24, 2.45) is 0 Å². The highest BCUT2D eigenvalue weighted by Crippen LogP contribution is 2.34. The number of nitro benzene ring substituents is 1. The first-order valence-corrected chi connectivity index (χ1v) is 12.4. The minimum atomic E-state index is -0.890. The number of carbonyl (C=O) groups is 2. The number of morpholine rings is 1. The van der Waals surface area contributed by atoms with Crippen molar-refractivity contribution in [2.45, 2.75) is 19.9 Å². The molecule has 1 aliphatic rings. The van der Waals surface area contributed by atoms with Crippen LogP contribution >= 0.6 is 23.2 Å². The summed E-state index contributed by atoms with van der Waals surface area (Å²) in [6.07, 6.45) is 0. The Labute approximate surface area is 224 Å². The number of rotatable bonds is 6. The molecule has 4 rings (SSSR count). The molecule has 0 aromatic heterocycles. The van der Waals surface area contributed by atoms with E-state index >= 15 is 0 Å². The third kappa shape index (κ3) is 5.67. The maximum absolute atomic E-state index is 14.5. The molecule has 192 valence electrons. The van der Waals surface area contributed by atoms with E-state index < -0.39 is 22.8 Å². The summed E-state index contributed by atoms with van der Waals surface area (Å²) in [5.41, 5.74) is 2.50. The standard InChI is InChI=1S/C27H25Cl2N3O5/c1-17-4-3-5-18(2)24(17)31(26(33)22-11-8-20(28)16-23(22)29)27(34)25(30-12-14-37-15-13-30)19-6-9-21(10-7-19)32(35)36/h3-11,16,25H,12-15H2,1-2H3/t25-/m1/s1. The van der Waals surface area contributed by atoms with Crippen LogP contribution < -0.4 is 4.90 Å². The predicted octanol–water partition coefficient (Wildman–Crippen LogP) is 5.77. The fourth-order valence-electron chi connectivity index (χ4n) is 4.50. The van der Waals surface area contributed by atoms with E-state index in [0.29, 0.717) is 42.6 Å². The molecule has 1 heterocycles. The summed E-state index contributed by atoms with van der Waals surface area (Å²) in [5.74, 6) is -1.09. The van der Waals surface area contributed by atoms with Gasteiger partial charge in [0.25, 0.3) is 17.5 Å². The Hall–Kier alpha value is -3.30. The molecule has 1 aliphatic heterocycles. The second kappa shape index (κ2) is 11.4. The van der Waals surface area contributed by atoms with Gasteiger partial charge in [-0.1, -0.05) is 53.5 Å². The van der Waals surface area contributed by atoms with Crippen LogP contribution in [-0.2, 0) is 9.53 Å². The minimum absolute atomic E-state index is 0.0902. The Balaban J connectivity index is 1.87. The molecule has 8 nitrogen and oxygen atoms in total. The van der Waals surface area contributed by atoms with Gasteiger partial charge in [0.05, 0.1) is 34.4 Å². The van der Waals surface area contributed by atoms with E-state index in [4.69, 9.17) is 27.9 Å². The second-order valence-electron chi connectivity index (χ2n) is 8.74. The fraction of sp³-hybridized carbons (Fsp3) is 0.259. The van der Waals surface area contributed by atoms with Crippen LogP contribution in [0.15, 0.2) is 60.7 Å². The number of carbonyl (C=O) groups excluding carboxylic acids is 2. The van der Waals surface area contributed by atoms with E-state index in [1.807, 2.05) is 36.9 Å². The molecule has 3 aromatic carbocycles. The number of ether oxygens (including phenoxy) is 1. The van der Waals surface area contributed by atoms with Gasteiger partial charge >= 0.3 is 0 Å². The van der Waals surface area contributed by atoms with Gasteiger partial charge in [-0.05, 0) is 48.7 Å². The van der Waals surface area contributed by atoms with Gasteiger partial charge in [0.1, 0.15) is 6.04 Å². The molecule has 0 bridgehead atoms. The molecule has 0 N–H and O–H groups in total. The molecule has 0 unspecified atom stereocenters. The van der Waals surface area contributed by atoms with Crippen LogP contribution in [-0.4, -0.2) is 47.9 Å². The summed E-state index contributed by atoms with van der Waals surface area (Å²) in [4.78, 5) is 42.3. The van der Waals surface area contributed by atoms with Crippen molar-refractivity contribution in [3.05, 3.63) is 103 Å². The number of non-ortho nitro benzene ring substituents is 1. The molecule has 10 heteroatoms. The number of para-hydroxylation sites is 1. The lowest BCUT2D eigenvalue weighted by molar-refractivity contribution is -0.384. The van der Waals surface area contributed by atoms with Gasteiger partial charge in [0, 0.05) is 30.2 Å². The highest BCUT2D eigenvalue weighted by Gasteiger charge is 2.38. The normalized spacial score (nSPS) is 14.7. The zero-order chi connectivity index (χ0) is 26.7. The van der Waals surface area contributed by atoms with Gasteiger partial charge in [0.2, 0.25) is 0 Å². The third-order valence-electron chi connectivity index (χ3n) is 6.31. The second-order valence-corrected chi connectivity index (χ2v) is 9.59. The van der Waals surface area contributed by atoms with Crippen LogP contribution in [0.3, 0.4) is 0 Å². The van der Waals surface area contributed by atoms with Crippen molar-refractivity contribution < 1.29 is 19.2 Å². The highest BCUT2D eigenvalue weighted by molar-refractivity contribution is 6.38. The zero-order valence-electron chi connectivity index (χ0n) is 20.3. The van der Waals surface area contributed by atoms with Crippen LogP contribution in [0.25, 0.3) is 0 Å². The Morgan fingerprint density at radius 2 is 1.62 bits per heavy atom. The number of nitro groups is 1. The van der Waals surface area contributed by atoms with Crippen LogP contribution in [0.1, 0.15) is 33.1 Å². The average molecular weight is 542 g/mol. The van der Waals surface area contributed by atoms with E-state index in [0.717, 1.165) is 11.1 Å². The molecule has 0 radical (unpaired) electrons. The molecule has 0 aliphatic carbocycles. The van der Waals surface area contributed by atoms with Crippen LogP contribution in [0, 0.1) is 24.0 Å². The maximum atomic E-state index is 14.5. The number of amides is 2. The molecule has 1 fully saturated rings. The molecule has 3 aromatic rings. The first kappa shape index (κ1) is 26.8. The lowest BCUT2D eigenvalue weighted by Crippen LogP contribution is -2.49.